The van der Waals surface area contributed by atoms with Gasteiger partial charge in [-0.3, -0.25) is 4.79 Å². The van der Waals surface area contributed by atoms with Crippen molar-refractivity contribution in [2.75, 3.05) is 21.2 Å². The van der Waals surface area contributed by atoms with Crippen LogP contribution in [-0.4, -0.2) is 31.2 Å². The van der Waals surface area contributed by atoms with E-state index in [2.05, 4.69) is 0 Å². The van der Waals surface area contributed by atoms with Crippen molar-refractivity contribution in [1.82, 2.24) is 4.90 Å². The number of nitrogens with zero attached hydrogens (tertiary/aromatic N) is 1. The van der Waals surface area contributed by atoms with E-state index in [0.29, 0.717) is 34.2 Å². The van der Waals surface area contributed by atoms with Gasteiger partial charge in [-0.1, -0.05) is 12.1 Å². The first kappa shape index (κ1) is 17.0. The molecule has 0 spiro atoms. The first-order valence-corrected chi connectivity index (χ1v) is 7.98. The maximum atomic E-state index is 13.0. The fourth-order valence-corrected chi connectivity index (χ4v) is 2.93. The number of phenols is 1. The van der Waals surface area contributed by atoms with Gasteiger partial charge in [0.1, 0.15) is 23.3 Å². The zero-order valence-corrected chi connectivity index (χ0v) is 14.8. The summed E-state index contributed by atoms with van der Waals surface area (Å²) in [7, 11) is 5.42. The number of phenolic OH excluding ortho intramolecular Hbond substituents is 1. The van der Waals surface area contributed by atoms with Crippen LogP contribution in [0.1, 0.15) is 11.1 Å². The van der Waals surface area contributed by atoms with Crippen LogP contribution < -0.4 is 10.2 Å². The zero-order chi connectivity index (χ0) is 18.1. The van der Waals surface area contributed by atoms with E-state index in [9.17, 15) is 9.90 Å². The van der Waals surface area contributed by atoms with Gasteiger partial charge in [-0.15, -0.1) is 0 Å². The average Bonchev–Trinajstić information content (AvgIpc) is 2.60. The summed E-state index contributed by atoms with van der Waals surface area (Å²) in [5, 5.41) is 10.8. The molecule has 0 fully saturated rings. The smallest absolute Gasteiger partial charge is 0.200 e. The molecule has 0 atom stereocenters. The minimum absolute atomic E-state index is 0.116. The molecule has 0 amide bonds. The quantitative estimate of drug-likeness (QED) is 0.788. The van der Waals surface area contributed by atoms with Gasteiger partial charge in [0.2, 0.25) is 5.43 Å². The summed E-state index contributed by atoms with van der Waals surface area (Å²) >= 11 is 0. The topological polar surface area (TPSA) is 62.9 Å². The van der Waals surface area contributed by atoms with Gasteiger partial charge in [0.25, 0.3) is 0 Å². The van der Waals surface area contributed by atoms with Gasteiger partial charge in [-0.2, -0.15) is 0 Å². The Kier molecular flexibility index (Phi) is 4.51. The maximum Gasteiger partial charge on any atom is 0.200 e. The van der Waals surface area contributed by atoms with Crippen molar-refractivity contribution in [3.8, 4) is 22.6 Å². The Morgan fingerprint density at radius 3 is 2.48 bits per heavy atom. The Morgan fingerprint density at radius 2 is 1.88 bits per heavy atom. The lowest BCUT2D eigenvalue weighted by Crippen LogP contribution is -2.12. The second-order valence-corrected chi connectivity index (χ2v) is 6.33. The predicted octanol–water partition coefficient (Wildman–Crippen LogP) is 3.54. The third kappa shape index (κ3) is 3.10. The molecule has 2 aromatic carbocycles. The molecule has 0 aliphatic rings. The Bertz CT molecular complexity index is 972. The standard InChI is InChI=1S/C20H21NO4/c1-12-18(22)14(10-21(2)3)9-16-19(23)17(11-25-20(12)16)13-5-7-15(24-4)8-6-13/h5-9,11,22H,10H2,1-4H3. The van der Waals surface area contributed by atoms with Crippen LogP contribution in [0.4, 0.5) is 0 Å². The van der Waals surface area contributed by atoms with E-state index in [1.807, 2.05) is 31.1 Å². The van der Waals surface area contributed by atoms with Gasteiger partial charge < -0.3 is 19.2 Å². The van der Waals surface area contributed by atoms with E-state index >= 15 is 0 Å². The number of rotatable bonds is 4. The summed E-state index contributed by atoms with van der Waals surface area (Å²) in [5.74, 6) is 0.893. The van der Waals surface area contributed by atoms with Crippen LogP contribution in [0.25, 0.3) is 22.1 Å². The van der Waals surface area contributed by atoms with Crippen LogP contribution in [0.15, 0.2) is 45.8 Å². The number of benzene rings is 2. The number of fused-ring (bicyclic) bond motifs is 1. The summed E-state index contributed by atoms with van der Waals surface area (Å²) in [6.07, 6.45) is 1.45. The molecule has 5 heteroatoms. The molecule has 1 aromatic heterocycles. The highest BCUT2D eigenvalue weighted by Gasteiger charge is 2.16. The molecule has 130 valence electrons. The maximum absolute atomic E-state index is 13.0. The van der Waals surface area contributed by atoms with Gasteiger partial charge in [0.05, 0.1) is 18.1 Å². The second-order valence-electron chi connectivity index (χ2n) is 6.33. The van der Waals surface area contributed by atoms with Crippen molar-refractivity contribution in [2.45, 2.75) is 13.5 Å². The van der Waals surface area contributed by atoms with Crippen LogP contribution in [0.3, 0.4) is 0 Å². The van der Waals surface area contributed by atoms with Crippen LogP contribution >= 0.6 is 0 Å². The Labute approximate surface area is 146 Å². The summed E-state index contributed by atoms with van der Waals surface area (Å²) in [4.78, 5) is 14.9. The largest absolute Gasteiger partial charge is 0.507 e. The molecule has 3 rings (SSSR count). The fourth-order valence-electron chi connectivity index (χ4n) is 2.93. The number of hydrogen-bond donors (Lipinski definition) is 1. The summed E-state index contributed by atoms with van der Waals surface area (Å²) in [5.41, 5.74) is 2.83. The van der Waals surface area contributed by atoms with Gasteiger partial charge in [0, 0.05) is 17.7 Å². The molecule has 3 aromatic rings. The lowest BCUT2D eigenvalue weighted by atomic mass is 10.0. The minimum atomic E-state index is -0.116. The fraction of sp³-hybridized carbons (Fsp3) is 0.250. The van der Waals surface area contributed by atoms with Gasteiger partial charge in [0.15, 0.2) is 0 Å². The number of methoxy groups -OCH3 is 1. The van der Waals surface area contributed by atoms with Crippen molar-refractivity contribution in [2.24, 2.45) is 0 Å². The third-order valence-corrected chi connectivity index (χ3v) is 4.23. The average molecular weight is 339 g/mol. The summed E-state index contributed by atoms with van der Waals surface area (Å²) < 4.78 is 10.9. The Hall–Kier alpha value is -2.79. The van der Waals surface area contributed by atoms with Crippen LogP contribution in [0.5, 0.6) is 11.5 Å². The molecule has 5 nitrogen and oxygen atoms in total. The van der Waals surface area contributed by atoms with Gasteiger partial charge >= 0.3 is 0 Å². The SMILES string of the molecule is COc1ccc(-c2coc3c(C)c(O)c(CN(C)C)cc3c2=O)cc1. The molecule has 0 aliphatic carbocycles. The lowest BCUT2D eigenvalue weighted by molar-refractivity contribution is 0.385. The van der Waals surface area contributed by atoms with Crippen LogP contribution in [0, 0.1) is 6.92 Å². The molecule has 0 radical (unpaired) electrons. The normalized spacial score (nSPS) is 11.2. The zero-order valence-electron chi connectivity index (χ0n) is 14.8. The van der Waals surface area contributed by atoms with Crippen molar-refractivity contribution >= 4 is 11.0 Å². The van der Waals surface area contributed by atoms with Gasteiger partial charge in [-0.05, 0) is 44.8 Å². The van der Waals surface area contributed by atoms with Crippen molar-refractivity contribution in [1.29, 1.82) is 0 Å². The predicted molar refractivity (Wildman–Crippen MR) is 98.3 cm³/mol. The first-order valence-electron chi connectivity index (χ1n) is 7.98. The Morgan fingerprint density at radius 1 is 1.20 bits per heavy atom. The molecule has 1 heterocycles. The van der Waals surface area contributed by atoms with E-state index in [4.69, 9.17) is 9.15 Å². The number of ether oxygens (including phenoxy) is 1. The molecule has 0 bridgehead atoms. The Balaban J connectivity index is 2.21. The molecule has 25 heavy (non-hydrogen) atoms. The highest BCUT2D eigenvalue weighted by atomic mass is 16.5. The van der Waals surface area contributed by atoms with E-state index in [1.165, 1.54) is 6.26 Å². The third-order valence-electron chi connectivity index (χ3n) is 4.23. The highest BCUT2D eigenvalue weighted by Crippen LogP contribution is 2.31. The molecule has 0 saturated carbocycles. The minimum Gasteiger partial charge on any atom is -0.507 e. The number of aromatic hydroxyl groups is 1. The summed E-state index contributed by atoms with van der Waals surface area (Å²) in [6.45, 7) is 2.29. The lowest BCUT2D eigenvalue weighted by Gasteiger charge is -2.14. The molecular formula is C20H21NO4. The van der Waals surface area contributed by atoms with Crippen molar-refractivity contribution in [3.05, 3.63) is 57.9 Å². The van der Waals surface area contributed by atoms with E-state index in [1.54, 1.807) is 32.2 Å². The van der Waals surface area contributed by atoms with Crippen LogP contribution in [0.2, 0.25) is 0 Å². The number of hydrogen-bond acceptors (Lipinski definition) is 5. The van der Waals surface area contributed by atoms with Crippen molar-refractivity contribution < 1.29 is 14.3 Å². The first-order chi connectivity index (χ1) is 11.9. The van der Waals surface area contributed by atoms with E-state index < -0.39 is 0 Å². The van der Waals surface area contributed by atoms with E-state index in [0.717, 1.165) is 11.3 Å². The molecular weight excluding hydrogens is 318 g/mol. The second kappa shape index (κ2) is 6.61. The monoisotopic (exact) mass is 339 g/mol. The van der Waals surface area contributed by atoms with E-state index in [-0.39, 0.29) is 11.2 Å². The van der Waals surface area contributed by atoms with Crippen molar-refractivity contribution in [3.63, 3.8) is 0 Å². The molecule has 0 aliphatic heterocycles. The van der Waals surface area contributed by atoms with Crippen LogP contribution in [-0.2, 0) is 6.54 Å². The van der Waals surface area contributed by atoms with Gasteiger partial charge in [-0.25, -0.2) is 0 Å². The molecule has 1 N–H and O–H groups in total. The molecule has 0 saturated heterocycles. The highest BCUT2D eigenvalue weighted by molar-refractivity contribution is 5.86. The summed E-state index contributed by atoms with van der Waals surface area (Å²) in [6, 6.07) is 8.98. The molecule has 0 unspecified atom stereocenters. The number of aryl methyl sites for hydroxylation is 1.